The maximum Gasteiger partial charge on any atom is 0.305 e. The van der Waals surface area contributed by atoms with E-state index in [4.69, 9.17) is 15.7 Å². The molecule has 0 aromatic heterocycles. The fourth-order valence-corrected chi connectivity index (χ4v) is 1.04. The molecule has 0 bridgehead atoms. The molecular weight excluding hydrogens is 204 g/mol. The molecule has 5 heteroatoms. The topological polar surface area (TPSA) is 83.4 Å². The summed E-state index contributed by atoms with van der Waals surface area (Å²) in [6.07, 6.45) is 2.48. The van der Waals surface area contributed by atoms with Crippen LogP contribution in [0.4, 0.5) is 0 Å². The van der Waals surface area contributed by atoms with Gasteiger partial charge in [-0.05, 0) is 25.1 Å². The molecule has 0 saturated heterocycles. The van der Waals surface area contributed by atoms with Gasteiger partial charge in [0.05, 0.1) is 0 Å². The Labute approximate surface area is 94.5 Å². The van der Waals surface area contributed by atoms with Gasteiger partial charge in [0.25, 0.3) is 0 Å². The van der Waals surface area contributed by atoms with Crippen molar-refractivity contribution in [1.29, 1.82) is 5.26 Å². The fraction of sp³-hybridized carbons (Fsp3) is 0.273. The number of nitrogens with zero attached hydrogens (tertiary/aromatic N) is 2. The molecule has 0 heterocycles. The van der Waals surface area contributed by atoms with Gasteiger partial charge in [0.1, 0.15) is 5.75 Å². The summed E-state index contributed by atoms with van der Waals surface area (Å²) < 4.78 is 5.38. The number of nitrogens with two attached hydrogens (primary N) is 1. The number of nitrogens with one attached hydrogen (secondary N) is 1. The molecule has 0 aliphatic rings. The molecule has 0 fully saturated rings. The number of hydrogen-bond donors (Lipinski definition) is 2. The van der Waals surface area contributed by atoms with Crippen molar-refractivity contribution < 1.29 is 4.74 Å². The molecule has 0 saturated carbocycles. The summed E-state index contributed by atoms with van der Waals surface area (Å²) in [4.78, 5) is 3.54. The molecule has 1 aromatic carbocycles. The smallest absolute Gasteiger partial charge is 0.305 e. The monoisotopic (exact) mass is 218 g/mol. The zero-order valence-corrected chi connectivity index (χ0v) is 8.89. The van der Waals surface area contributed by atoms with Crippen LogP contribution in [0.25, 0.3) is 0 Å². The number of rotatable bonds is 4. The van der Waals surface area contributed by atoms with Gasteiger partial charge >= 0.3 is 6.02 Å². The van der Waals surface area contributed by atoms with E-state index in [1.807, 2.05) is 18.2 Å². The van der Waals surface area contributed by atoms with Crippen LogP contribution >= 0.6 is 0 Å². The van der Waals surface area contributed by atoms with Gasteiger partial charge in [-0.25, -0.2) is 0 Å². The Kier molecular flexibility index (Phi) is 5.45. The molecule has 1 rings (SSSR count). The number of amidine groups is 1. The van der Waals surface area contributed by atoms with Crippen molar-refractivity contribution in [2.75, 3.05) is 13.1 Å². The Balaban J connectivity index is 2.53. The Morgan fingerprint density at radius 2 is 2.19 bits per heavy atom. The number of ether oxygens (including phenoxy) is 1. The van der Waals surface area contributed by atoms with Gasteiger partial charge in [-0.3, -0.25) is 0 Å². The normalized spacial score (nSPS) is 10.6. The lowest BCUT2D eigenvalue weighted by atomic mass is 10.3. The van der Waals surface area contributed by atoms with Gasteiger partial charge < -0.3 is 15.8 Å². The van der Waals surface area contributed by atoms with Crippen molar-refractivity contribution in [3.63, 3.8) is 0 Å². The summed E-state index contributed by atoms with van der Waals surface area (Å²) in [6.45, 7) is 1.21. The van der Waals surface area contributed by atoms with E-state index in [9.17, 15) is 0 Å². The summed E-state index contributed by atoms with van der Waals surface area (Å²) in [5, 5.41) is 11.4. The van der Waals surface area contributed by atoms with E-state index in [1.165, 1.54) is 0 Å². The average Bonchev–Trinajstić information content (AvgIpc) is 2.31. The number of benzene rings is 1. The fourth-order valence-electron chi connectivity index (χ4n) is 1.04. The second-order valence-corrected chi connectivity index (χ2v) is 3.00. The van der Waals surface area contributed by atoms with E-state index >= 15 is 0 Å². The lowest BCUT2D eigenvalue weighted by Gasteiger charge is -2.08. The highest BCUT2D eigenvalue weighted by molar-refractivity contribution is 5.77. The highest BCUT2D eigenvalue weighted by Gasteiger charge is 2.00. The lowest BCUT2D eigenvalue weighted by Crippen LogP contribution is -2.30. The van der Waals surface area contributed by atoms with Crippen molar-refractivity contribution >= 4 is 6.02 Å². The first-order chi connectivity index (χ1) is 7.86. The van der Waals surface area contributed by atoms with Crippen LogP contribution in [0.5, 0.6) is 5.75 Å². The molecule has 0 unspecified atom stereocenters. The molecule has 0 atom stereocenters. The van der Waals surface area contributed by atoms with Gasteiger partial charge in [0.15, 0.2) is 0 Å². The van der Waals surface area contributed by atoms with Crippen LogP contribution in [-0.2, 0) is 0 Å². The Morgan fingerprint density at radius 1 is 1.44 bits per heavy atom. The lowest BCUT2D eigenvalue weighted by molar-refractivity contribution is 0.514. The van der Waals surface area contributed by atoms with Crippen LogP contribution < -0.4 is 15.8 Å². The van der Waals surface area contributed by atoms with Gasteiger partial charge in [-0.2, -0.15) is 5.26 Å². The first-order valence-electron chi connectivity index (χ1n) is 5.00. The van der Waals surface area contributed by atoms with E-state index in [0.717, 1.165) is 6.42 Å². The molecule has 1 aromatic rings. The van der Waals surface area contributed by atoms with Gasteiger partial charge in [-0.15, -0.1) is 4.99 Å². The van der Waals surface area contributed by atoms with Gasteiger partial charge in [0.2, 0.25) is 6.19 Å². The van der Waals surface area contributed by atoms with Crippen molar-refractivity contribution in [2.24, 2.45) is 10.7 Å². The summed E-state index contributed by atoms with van der Waals surface area (Å²) in [5.41, 5.74) is 5.36. The van der Waals surface area contributed by atoms with Crippen molar-refractivity contribution in [2.45, 2.75) is 6.42 Å². The number of para-hydroxylation sites is 1. The maximum atomic E-state index is 8.49. The minimum atomic E-state index is 0.196. The molecule has 84 valence electrons. The number of aliphatic imine (C=N–C) groups is 1. The van der Waals surface area contributed by atoms with E-state index in [1.54, 1.807) is 18.3 Å². The third-order valence-electron chi connectivity index (χ3n) is 1.77. The summed E-state index contributed by atoms with van der Waals surface area (Å²) in [6, 6.07) is 9.35. The molecule has 0 aliphatic heterocycles. The standard InChI is InChI=1S/C11H14N4O/c12-7-4-8-14-11(15-9-13)16-10-5-2-1-3-6-10/h1-3,5-6H,4,7-8,12H2,(H,14,15). The van der Waals surface area contributed by atoms with E-state index in [-0.39, 0.29) is 6.02 Å². The van der Waals surface area contributed by atoms with E-state index < -0.39 is 0 Å². The van der Waals surface area contributed by atoms with Gasteiger partial charge in [0, 0.05) is 6.54 Å². The SMILES string of the molecule is N#C/N=C(\NCCCN)Oc1ccccc1. The molecule has 0 amide bonds. The first kappa shape index (κ1) is 12.0. The summed E-state index contributed by atoms with van der Waals surface area (Å²) in [5.74, 6) is 0.636. The van der Waals surface area contributed by atoms with Crippen LogP contribution in [0.3, 0.4) is 0 Å². The number of nitriles is 1. The zero-order chi connectivity index (χ0) is 11.6. The molecule has 0 spiro atoms. The van der Waals surface area contributed by atoms with Crippen LogP contribution in [0, 0.1) is 11.5 Å². The third kappa shape index (κ3) is 4.44. The van der Waals surface area contributed by atoms with E-state index in [2.05, 4.69) is 10.3 Å². The second kappa shape index (κ2) is 7.26. The molecule has 5 nitrogen and oxygen atoms in total. The highest BCUT2D eigenvalue weighted by Crippen LogP contribution is 2.08. The minimum absolute atomic E-state index is 0.196. The van der Waals surface area contributed by atoms with Crippen LogP contribution in [0.2, 0.25) is 0 Å². The Bertz CT molecular complexity index is 369. The average molecular weight is 218 g/mol. The largest absolute Gasteiger partial charge is 0.425 e. The molecule has 0 radical (unpaired) electrons. The third-order valence-corrected chi connectivity index (χ3v) is 1.77. The number of hydrogen-bond acceptors (Lipinski definition) is 4. The predicted molar refractivity (Wildman–Crippen MR) is 61.8 cm³/mol. The van der Waals surface area contributed by atoms with Crippen LogP contribution in [-0.4, -0.2) is 19.1 Å². The molecule has 16 heavy (non-hydrogen) atoms. The summed E-state index contributed by atoms with van der Waals surface area (Å²) in [7, 11) is 0. The quantitative estimate of drug-likeness (QED) is 0.339. The van der Waals surface area contributed by atoms with Crippen LogP contribution in [0.1, 0.15) is 6.42 Å². The summed E-state index contributed by atoms with van der Waals surface area (Å²) >= 11 is 0. The van der Waals surface area contributed by atoms with Crippen molar-refractivity contribution in [1.82, 2.24) is 5.32 Å². The predicted octanol–water partition coefficient (Wildman–Crippen LogP) is 0.841. The van der Waals surface area contributed by atoms with Crippen molar-refractivity contribution in [3.8, 4) is 11.9 Å². The molecule has 0 aliphatic carbocycles. The van der Waals surface area contributed by atoms with Gasteiger partial charge in [-0.1, -0.05) is 18.2 Å². The minimum Gasteiger partial charge on any atom is -0.425 e. The van der Waals surface area contributed by atoms with Crippen LogP contribution in [0.15, 0.2) is 35.3 Å². The van der Waals surface area contributed by atoms with Crippen molar-refractivity contribution in [3.05, 3.63) is 30.3 Å². The highest BCUT2D eigenvalue weighted by atomic mass is 16.5. The van der Waals surface area contributed by atoms with E-state index in [0.29, 0.717) is 18.8 Å². The second-order valence-electron chi connectivity index (χ2n) is 3.00. The maximum absolute atomic E-state index is 8.49. The zero-order valence-electron chi connectivity index (χ0n) is 8.89. The molecular formula is C11H14N4O. The Hall–Kier alpha value is -2.06. The molecule has 3 N–H and O–H groups in total. The first-order valence-corrected chi connectivity index (χ1v) is 5.00. The Morgan fingerprint density at radius 3 is 2.81 bits per heavy atom.